The Kier molecular flexibility index (Phi) is 8.26. The third-order valence-electron chi connectivity index (χ3n) is 1.08. The fourth-order valence-corrected chi connectivity index (χ4v) is 1.86. The first-order valence-electron chi connectivity index (χ1n) is 3.60. The van der Waals surface area contributed by atoms with Gasteiger partial charge in [-0.05, 0) is 19.4 Å². The molecule has 0 aromatic rings. The molecule has 0 spiro atoms. The number of hydrogen-bond acceptors (Lipinski definition) is 2. The minimum absolute atomic E-state index is 0.00849. The summed E-state index contributed by atoms with van der Waals surface area (Å²) < 4.78 is 5.21. The lowest BCUT2D eigenvalue weighted by atomic mass is 10.4. The molecule has 0 aliphatic carbocycles. The molecule has 1 N–H and O–H groups in total. The van der Waals surface area contributed by atoms with Crippen molar-refractivity contribution in [3.05, 3.63) is 0 Å². The minimum atomic E-state index is 0.00849. The van der Waals surface area contributed by atoms with Crippen LogP contribution < -0.4 is 0 Å². The maximum absolute atomic E-state index is 7.57. The summed E-state index contributed by atoms with van der Waals surface area (Å²) in [6.07, 6.45) is 2.75. The van der Waals surface area contributed by atoms with Crippen molar-refractivity contribution in [3.63, 3.8) is 0 Å². The van der Waals surface area contributed by atoms with E-state index in [1.54, 1.807) is 6.92 Å². The molecule has 2 nitrogen and oxygen atoms in total. The summed E-state index contributed by atoms with van der Waals surface area (Å²) in [4.78, 5) is 0. The Morgan fingerprint density at radius 3 is 2.33 bits per heavy atom. The Hall–Kier alpha value is 0.137. The van der Waals surface area contributed by atoms with Gasteiger partial charge in [0.2, 0.25) is 0 Å². The molecular formula is C6H16O2Si. The first-order valence-corrected chi connectivity index (χ1v) is 5.18. The van der Waals surface area contributed by atoms with E-state index in [-0.39, 0.29) is 16.4 Å². The molecule has 0 atom stereocenters. The highest BCUT2D eigenvalue weighted by Crippen LogP contribution is 2.01. The van der Waals surface area contributed by atoms with Crippen LogP contribution in [-0.4, -0.2) is 28.1 Å². The lowest BCUT2D eigenvalue weighted by Crippen LogP contribution is -2.06. The quantitative estimate of drug-likeness (QED) is 0.501. The normalized spacial score (nSPS) is 20.7. The summed E-state index contributed by atoms with van der Waals surface area (Å²) in [5.74, 6) is 0. The van der Waals surface area contributed by atoms with Gasteiger partial charge in [-0.2, -0.15) is 0 Å². The molecule has 1 aliphatic rings. The molecule has 1 fully saturated rings. The molecular weight excluding hydrogens is 132 g/mol. The summed E-state index contributed by atoms with van der Waals surface area (Å²) >= 11 is 0. The molecule has 9 heavy (non-hydrogen) atoms. The second kappa shape index (κ2) is 8.14. The minimum Gasteiger partial charge on any atom is -0.424 e. The molecule has 1 heterocycles. The van der Waals surface area contributed by atoms with Gasteiger partial charge in [0.25, 0.3) is 0 Å². The van der Waals surface area contributed by atoms with Gasteiger partial charge in [0, 0.05) is 13.2 Å². The fraction of sp³-hybridized carbons (Fsp3) is 1.00. The van der Waals surface area contributed by atoms with E-state index in [9.17, 15) is 0 Å². The Labute approximate surface area is 59.2 Å². The van der Waals surface area contributed by atoms with Crippen LogP contribution in [0.3, 0.4) is 0 Å². The van der Waals surface area contributed by atoms with E-state index >= 15 is 0 Å². The summed E-state index contributed by atoms with van der Waals surface area (Å²) in [5, 5.41) is 7.57. The monoisotopic (exact) mass is 148 g/mol. The highest BCUT2D eigenvalue weighted by molar-refractivity contribution is 6.27. The second-order valence-corrected chi connectivity index (χ2v) is 3.51. The molecule has 0 unspecified atom stereocenters. The molecule has 1 aliphatic heterocycles. The third-order valence-corrected chi connectivity index (χ3v) is 2.44. The average molecular weight is 148 g/mol. The van der Waals surface area contributed by atoms with Crippen molar-refractivity contribution >= 4 is 9.76 Å². The predicted octanol–water partition coefficient (Wildman–Crippen LogP) is 0.298. The van der Waals surface area contributed by atoms with Gasteiger partial charge in [-0.3, -0.25) is 0 Å². The molecule has 56 valence electrons. The zero-order valence-corrected chi connectivity index (χ0v) is 7.51. The Bertz CT molecular complexity index is 34.8. The largest absolute Gasteiger partial charge is 0.424 e. The summed E-state index contributed by atoms with van der Waals surface area (Å²) in [6, 6.07) is 1.42. The lowest BCUT2D eigenvalue weighted by molar-refractivity contribution is 0.304. The SMILES string of the molecule is C1CC[SiH2]OC1.CCO. The molecule has 0 radical (unpaired) electrons. The zero-order chi connectivity index (χ0) is 6.95. The van der Waals surface area contributed by atoms with Crippen LogP contribution in [0.2, 0.25) is 6.04 Å². The van der Waals surface area contributed by atoms with Gasteiger partial charge in [-0.1, -0.05) is 6.42 Å². The maximum atomic E-state index is 7.57. The average Bonchev–Trinajstić information content (AvgIpc) is 1.93. The molecule has 3 heteroatoms. The zero-order valence-electron chi connectivity index (χ0n) is 6.10. The summed E-state index contributed by atoms with van der Waals surface area (Å²) in [5.41, 5.74) is 0. The van der Waals surface area contributed by atoms with Crippen LogP contribution in [0, 0.1) is 0 Å². The lowest BCUT2D eigenvalue weighted by Gasteiger charge is -2.07. The van der Waals surface area contributed by atoms with Crippen molar-refractivity contribution in [2.24, 2.45) is 0 Å². The van der Waals surface area contributed by atoms with Gasteiger partial charge in [-0.25, -0.2) is 0 Å². The van der Waals surface area contributed by atoms with E-state index in [4.69, 9.17) is 9.53 Å². The molecule has 1 saturated heterocycles. The highest BCUT2D eigenvalue weighted by atomic mass is 28.2. The second-order valence-electron chi connectivity index (χ2n) is 1.99. The maximum Gasteiger partial charge on any atom is 0.161 e. The summed E-state index contributed by atoms with van der Waals surface area (Å²) in [7, 11) is 0.00849. The number of aliphatic hydroxyl groups excluding tert-OH is 1. The van der Waals surface area contributed by atoms with Gasteiger partial charge in [0.15, 0.2) is 9.76 Å². The van der Waals surface area contributed by atoms with Crippen LogP contribution in [-0.2, 0) is 4.43 Å². The van der Waals surface area contributed by atoms with E-state index in [0.29, 0.717) is 0 Å². The van der Waals surface area contributed by atoms with Crippen molar-refractivity contribution < 1.29 is 9.53 Å². The molecule has 0 aromatic carbocycles. The van der Waals surface area contributed by atoms with Crippen LogP contribution in [0.25, 0.3) is 0 Å². The first kappa shape index (κ1) is 9.14. The Balaban J connectivity index is 0.000000187. The molecule has 0 aromatic heterocycles. The van der Waals surface area contributed by atoms with Crippen LogP contribution in [0.4, 0.5) is 0 Å². The van der Waals surface area contributed by atoms with Crippen molar-refractivity contribution in [2.75, 3.05) is 13.2 Å². The van der Waals surface area contributed by atoms with E-state index in [1.807, 2.05) is 0 Å². The first-order chi connectivity index (χ1) is 4.41. The predicted molar refractivity (Wildman–Crippen MR) is 41.3 cm³/mol. The van der Waals surface area contributed by atoms with Crippen molar-refractivity contribution in [2.45, 2.75) is 25.8 Å². The van der Waals surface area contributed by atoms with E-state index < -0.39 is 0 Å². The van der Waals surface area contributed by atoms with E-state index in [2.05, 4.69) is 0 Å². The third kappa shape index (κ3) is 8.14. The Morgan fingerprint density at radius 1 is 1.56 bits per heavy atom. The standard InChI is InChI=1S/C4H10OSi.C2H6O/c1-2-4-6-5-3-1;1-2-3/h1-4,6H2;3H,2H2,1H3. The molecule has 0 amide bonds. The van der Waals surface area contributed by atoms with Crippen molar-refractivity contribution in [1.82, 2.24) is 0 Å². The van der Waals surface area contributed by atoms with Gasteiger partial charge in [0.1, 0.15) is 0 Å². The Morgan fingerprint density at radius 2 is 2.22 bits per heavy atom. The topological polar surface area (TPSA) is 29.5 Å². The van der Waals surface area contributed by atoms with Gasteiger partial charge in [0.05, 0.1) is 0 Å². The van der Waals surface area contributed by atoms with E-state index in [0.717, 1.165) is 6.61 Å². The number of hydrogen-bond donors (Lipinski definition) is 1. The molecule has 1 rings (SSSR count). The van der Waals surface area contributed by atoms with Crippen LogP contribution >= 0.6 is 0 Å². The van der Waals surface area contributed by atoms with Crippen LogP contribution in [0.1, 0.15) is 19.8 Å². The van der Waals surface area contributed by atoms with Crippen molar-refractivity contribution in [1.29, 1.82) is 0 Å². The molecule has 0 bridgehead atoms. The van der Waals surface area contributed by atoms with Gasteiger partial charge >= 0.3 is 0 Å². The fourth-order valence-electron chi connectivity index (χ4n) is 0.687. The smallest absolute Gasteiger partial charge is 0.161 e. The van der Waals surface area contributed by atoms with Crippen LogP contribution in [0.5, 0.6) is 0 Å². The number of rotatable bonds is 0. The van der Waals surface area contributed by atoms with E-state index in [1.165, 1.54) is 18.9 Å². The van der Waals surface area contributed by atoms with Crippen LogP contribution in [0.15, 0.2) is 0 Å². The van der Waals surface area contributed by atoms with Gasteiger partial charge < -0.3 is 9.53 Å². The molecule has 0 saturated carbocycles. The van der Waals surface area contributed by atoms with Gasteiger partial charge in [-0.15, -0.1) is 0 Å². The highest BCUT2D eigenvalue weighted by Gasteiger charge is 1.96. The summed E-state index contributed by atoms with van der Waals surface area (Å²) in [6.45, 7) is 2.99. The number of aliphatic hydroxyl groups is 1. The van der Waals surface area contributed by atoms with Crippen molar-refractivity contribution in [3.8, 4) is 0 Å².